The van der Waals surface area contributed by atoms with Gasteiger partial charge in [0.2, 0.25) is 0 Å². The second kappa shape index (κ2) is 6.06. The summed E-state index contributed by atoms with van der Waals surface area (Å²) in [7, 11) is 0. The molecule has 2 heterocycles. The van der Waals surface area contributed by atoms with E-state index in [1.165, 1.54) is 5.69 Å². The van der Waals surface area contributed by atoms with Crippen LogP contribution in [0.1, 0.15) is 52.3 Å². The Bertz CT molecular complexity index is 388. The fourth-order valence-electron chi connectivity index (χ4n) is 2.62. The molecule has 1 atom stereocenters. The predicted octanol–water partition coefficient (Wildman–Crippen LogP) is 2.76. The summed E-state index contributed by atoms with van der Waals surface area (Å²) >= 11 is 0. The average Bonchev–Trinajstić information content (AvgIpc) is 2.84. The molecular weight excluding hydrogens is 238 g/mol. The minimum absolute atomic E-state index is 0.136. The van der Waals surface area contributed by atoms with Crippen LogP contribution >= 0.6 is 0 Å². The van der Waals surface area contributed by atoms with Crippen molar-refractivity contribution >= 4 is 0 Å². The van der Waals surface area contributed by atoms with Gasteiger partial charge in [-0.2, -0.15) is 0 Å². The molecule has 1 aromatic rings. The molecule has 19 heavy (non-hydrogen) atoms. The molecule has 0 spiro atoms. The lowest BCUT2D eigenvalue weighted by Gasteiger charge is -2.30. The summed E-state index contributed by atoms with van der Waals surface area (Å²) in [6, 6.07) is 0.503. The van der Waals surface area contributed by atoms with Crippen LogP contribution in [0.4, 0.5) is 0 Å². The molecule has 0 bridgehead atoms. The van der Waals surface area contributed by atoms with Crippen LogP contribution in [0, 0.1) is 5.92 Å². The van der Waals surface area contributed by atoms with Crippen LogP contribution in [0.2, 0.25) is 0 Å². The second-order valence-electron chi connectivity index (χ2n) is 6.59. The van der Waals surface area contributed by atoms with E-state index < -0.39 is 0 Å². The first-order valence-corrected chi connectivity index (χ1v) is 7.31. The number of rotatable bonds is 4. The molecule has 0 aromatic carbocycles. The molecule has 2 rings (SSSR count). The number of imidazole rings is 1. The van der Waals surface area contributed by atoms with Gasteiger partial charge in [0.1, 0.15) is 0 Å². The van der Waals surface area contributed by atoms with Crippen LogP contribution < -0.4 is 5.32 Å². The van der Waals surface area contributed by atoms with Gasteiger partial charge in [0, 0.05) is 37.5 Å². The van der Waals surface area contributed by atoms with Crippen molar-refractivity contribution in [2.24, 2.45) is 5.92 Å². The number of aromatic nitrogens is 2. The van der Waals surface area contributed by atoms with E-state index in [1.54, 1.807) is 0 Å². The Morgan fingerprint density at radius 2 is 2.11 bits per heavy atom. The molecule has 1 aliphatic heterocycles. The molecule has 1 aliphatic rings. The maximum Gasteiger partial charge on any atom is 0.0951 e. The lowest BCUT2D eigenvalue weighted by molar-refractivity contribution is 0.0509. The number of ether oxygens (including phenoxy) is 1. The largest absolute Gasteiger partial charge is 0.381 e. The summed E-state index contributed by atoms with van der Waals surface area (Å²) in [5.41, 5.74) is 1.41. The monoisotopic (exact) mass is 265 g/mol. The van der Waals surface area contributed by atoms with Gasteiger partial charge in [-0.25, -0.2) is 4.98 Å². The molecule has 1 saturated heterocycles. The lowest BCUT2D eigenvalue weighted by Crippen LogP contribution is -2.36. The molecule has 1 N–H and O–H groups in total. The first-order valence-electron chi connectivity index (χ1n) is 7.31. The molecule has 0 radical (unpaired) electrons. The number of hydrogen-bond donors (Lipinski definition) is 1. The fourth-order valence-corrected chi connectivity index (χ4v) is 2.62. The highest BCUT2D eigenvalue weighted by atomic mass is 16.5. The van der Waals surface area contributed by atoms with E-state index in [9.17, 15) is 0 Å². The molecule has 0 amide bonds. The molecule has 0 aliphatic carbocycles. The highest BCUT2D eigenvalue weighted by molar-refractivity contribution is 5.01. The second-order valence-corrected chi connectivity index (χ2v) is 6.59. The van der Waals surface area contributed by atoms with Crippen molar-refractivity contribution in [3.8, 4) is 0 Å². The average molecular weight is 265 g/mol. The molecule has 1 unspecified atom stereocenters. The van der Waals surface area contributed by atoms with Crippen molar-refractivity contribution in [3.63, 3.8) is 0 Å². The Hall–Kier alpha value is -0.870. The third-order valence-electron chi connectivity index (χ3n) is 3.93. The van der Waals surface area contributed by atoms with Gasteiger partial charge >= 0.3 is 0 Å². The molecule has 4 heteroatoms. The summed E-state index contributed by atoms with van der Waals surface area (Å²) in [4.78, 5) is 4.33. The first-order chi connectivity index (χ1) is 8.97. The third-order valence-corrected chi connectivity index (χ3v) is 3.93. The van der Waals surface area contributed by atoms with Crippen LogP contribution in [-0.4, -0.2) is 28.3 Å². The minimum atomic E-state index is 0.136. The molecule has 1 fully saturated rings. The molecular formula is C15H27N3O. The van der Waals surface area contributed by atoms with Gasteiger partial charge in [-0.3, -0.25) is 0 Å². The summed E-state index contributed by atoms with van der Waals surface area (Å²) in [5, 5.41) is 3.54. The highest BCUT2D eigenvalue weighted by Gasteiger charge is 2.23. The van der Waals surface area contributed by atoms with Crippen LogP contribution in [0.15, 0.2) is 12.5 Å². The van der Waals surface area contributed by atoms with Crippen molar-refractivity contribution in [2.45, 2.75) is 58.7 Å². The van der Waals surface area contributed by atoms with Crippen molar-refractivity contribution in [2.75, 3.05) is 13.2 Å². The van der Waals surface area contributed by atoms with Gasteiger partial charge in [0.15, 0.2) is 0 Å². The van der Waals surface area contributed by atoms with Crippen molar-refractivity contribution in [3.05, 3.63) is 18.2 Å². The van der Waals surface area contributed by atoms with Gasteiger partial charge in [-0.1, -0.05) is 0 Å². The van der Waals surface area contributed by atoms with E-state index in [0.717, 1.165) is 32.6 Å². The zero-order chi connectivity index (χ0) is 13.9. The number of hydrogen-bond acceptors (Lipinski definition) is 3. The van der Waals surface area contributed by atoms with Crippen LogP contribution in [0.5, 0.6) is 0 Å². The van der Waals surface area contributed by atoms with Gasteiger partial charge in [0.05, 0.1) is 12.0 Å². The van der Waals surface area contributed by atoms with E-state index >= 15 is 0 Å². The Morgan fingerprint density at radius 3 is 2.74 bits per heavy atom. The molecule has 4 nitrogen and oxygen atoms in total. The Balaban J connectivity index is 2.01. The van der Waals surface area contributed by atoms with Crippen LogP contribution in [0.3, 0.4) is 0 Å². The predicted molar refractivity (Wildman–Crippen MR) is 77.1 cm³/mol. The van der Waals surface area contributed by atoms with Crippen LogP contribution in [0.25, 0.3) is 0 Å². The summed E-state index contributed by atoms with van der Waals surface area (Å²) in [6.45, 7) is 11.6. The quantitative estimate of drug-likeness (QED) is 0.910. The van der Waals surface area contributed by atoms with Crippen molar-refractivity contribution < 1.29 is 4.74 Å². The Labute approximate surface area is 116 Å². The summed E-state index contributed by atoms with van der Waals surface area (Å²) < 4.78 is 7.78. The summed E-state index contributed by atoms with van der Waals surface area (Å²) in [6.07, 6.45) is 6.27. The zero-order valence-electron chi connectivity index (χ0n) is 12.6. The maximum atomic E-state index is 5.45. The Morgan fingerprint density at radius 1 is 1.42 bits per heavy atom. The maximum absolute atomic E-state index is 5.45. The first kappa shape index (κ1) is 14.5. The smallest absolute Gasteiger partial charge is 0.0951 e. The number of nitrogens with zero attached hydrogens (tertiary/aromatic N) is 2. The zero-order valence-corrected chi connectivity index (χ0v) is 12.6. The van der Waals surface area contributed by atoms with E-state index in [4.69, 9.17) is 4.74 Å². The van der Waals surface area contributed by atoms with Gasteiger partial charge < -0.3 is 14.6 Å². The molecule has 1 aromatic heterocycles. The fraction of sp³-hybridized carbons (Fsp3) is 0.800. The lowest BCUT2D eigenvalue weighted by atomic mass is 9.92. The number of nitrogens with one attached hydrogen (secondary N) is 1. The Kier molecular flexibility index (Phi) is 4.63. The van der Waals surface area contributed by atoms with Crippen LogP contribution in [-0.2, 0) is 11.3 Å². The SMILES string of the molecule is CC(C1CCOCC1)n1cncc1CNC(C)(C)C. The molecule has 108 valence electrons. The third kappa shape index (κ3) is 4.05. The standard InChI is InChI=1S/C15H27N3O/c1-12(13-5-7-19-8-6-13)18-11-16-9-14(18)10-17-15(2,3)4/h9,11-13,17H,5-8,10H2,1-4H3. The summed E-state index contributed by atoms with van der Waals surface area (Å²) in [5.74, 6) is 0.705. The minimum Gasteiger partial charge on any atom is -0.381 e. The van der Waals surface area contributed by atoms with Crippen molar-refractivity contribution in [1.82, 2.24) is 14.9 Å². The van der Waals surface area contributed by atoms with E-state index in [2.05, 4.69) is 42.6 Å². The van der Waals surface area contributed by atoms with E-state index in [0.29, 0.717) is 12.0 Å². The topological polar surface area (TPSA) is 39.1 Å². The highest BCUT2D eigenvalue weighted by Crippen LogP contribution is 2.28. The van der Waals surface area contributed by atoms with E-state index in [1.807, 2.05) is 12.5 Å². The van der Waals surface area contributed by atoms with Gasteiger partial charge in [-0.05, 0) is 46.5 Å². The van der Waals surface area contributed by atoms with E-state index in [-0.39, 0.29) is 5.54 Å². The van der Waals surface area contributed by atoms with Gasteiger partial charge in [0.25, 0.3) is 0 Å². The van der Waals surface area contributed by atoms with Crippen molar-refractivity contribution in [1.29, 1.82) is 0 Å². The van der Waals surface area contributed by atoms with Gasteiger partial charge in [-0.15, -0.1) is 0 Å². The molecule has 0 saturated carbocycles. The normalized spacial score (nSPS) is 19.6.